The maximum Gasteiger partial charge on any atom is -0.000706 e. The summed E-state index contributed by atoms with van der Waals surface area (Å²) in [6, 6.07) is 58.1. The Bertz CT molecular complexity index is 2300. The van der Waals surface area contributed by atoms with Crippen molar-refractivity contribution in [2.45, 2.75) is 6.42 Å². The average molecular weight is 545 g/mol. The van der Waals surface area contributed by atoms with Gasteiger partial charge < -0.3 is 0 Å². The van der Waals surface area contributed by atoms with Crippen LogP contribution in [0.5, 0.6) is 0 Å². The molecule has 8 aromatic carbocycles. The van der Waals surface area contributed by atoms with Gasteiger partial charge in [-0.15, -0.1) is 0 Å². The van der Waals surface area contributed by atoms with Crippen LogP contribution < -0.4 is 0 Å². The molecule has 8 aromatic rings. The molecule has 0 bridgehead atoms. The Labute approximate surface area is 251 Å². The molecule has 0 amide bonds. The van der Waals surface area contributed by atoms with Crippen molar-refractivity contribution in [3.63, 3.8) is 0 Å². The third kappa shape index (κ3) is 3.70. The lowest BCUT2D eigenvalue weighted by molar-refractivity contribution is 1.26. The fourth-order valence-electron chi connectivity index (χ4n) is 7.44. The molecule has 0 heteroatoms. The topological polar surface area (TPSA) is 0 Å². The molecule has 0 spiro atoms. The minimum absolute atomic E-state index is 0.952. The molecule has 0 heterocycles. The van der Waals surface area contributed by atoms with Gasteiger partial charge in [-0.2, -0.15) is 0 Å². The van der Waals surface area contributed by atoms with Crippen molar-refractivity contribution >= 4 is 32.3 Å². The van der Waals surface area contributed by atoms with Gasteiger partial charge in [0.25, 0.3) is 0 Å². The van der Waals surface area contributed by atoms with Gasteiger partial charge in [0.2, 0.25) is 0 Å². The summed E-state index contributed by atoms with van der Waals surface area (Å²) in [6.07, 6.45) is 0.952. The zero-order valence-corrected chi connectivity index (χ0v) is 23.7. The maximum absolute atomic E-state index is 2.45. The number of benzene rings is 8. The van der Waals surface area contributed by atoms with E-state index in [0.717, 1.165) is 6.42 Å². The molecule has 0 aromatic heterocycles. The first-order chi connectivity index (χ1) is 21.3. The monoisotopic (exact) mass is 544 g/mol. The van der Waals surface area contributed by atoms with Gasteiger partial charge in [0.15, 0.2) is 0 Å². The first kappa shape index (κ1) is 24.2. The van der Waals surface area contributed by atoms with Gasteiger partial charge in [-0.1, -0.05) is 158 Å². The lowest BCUT2D eigenvalue weighted by atomic mass is 9.84. The van der Waals surface area contributed by atoms with Crippen LogP contribution in [0.15, 0.2) is 158 Å². The molecule has 0 fully saturated rings. The second-order valence-corrected chi connectivity index (χ2v) is 11.6. The van der Waals surface area contributed by atoms with Gasteiger partial charge in [0.05, 0.1) is 0 Å². The molecule has 0 N–H and O–H groups in total. The van der Waals surface area contributed by atoms with E-state index in [4.69, 9.17) is 0 Å². The summed E-state index contributed by atoms with van der Waals surface area (Å²) >= 11 is 0. The molecule has 0 unspecified atom stereocenters. The van der Waals surface area contributed by atoms with Gasteiger partial charge in [0, 0.05) is 0 Å². The highest BCUT2D eigenvalue weighted by Gasteiger charge is 2.24. The number of fused-ring (bicyclic) bond motifs is 6. The zero-order chi connectivity index (χ0) is 28.3. The summed E-state index contributed by atoms with van der Waals surface area (Å²) in [5.74, 6) is 0. The Hall–Kier alpha value is -5.46. The standard InChI is InChI=1S/C43H28/c1-2-12-28(13-3-1)33-21-11-22-35-34-25-24-30(26-31(34)27-41(33)35)42-37-17-6-8-19-39(37)43(40-20-9-7-18-38(40)42)36-23-10-15-29-14-4-5-16-32(29)36/h1-26H,27H2. The van der Waals surface area contributed by atoms with Gasteiger partial charge in [-0.3, -0.25) is 0 Å². The van der Waals surface area contributed by atoms with Crippen LogP contribution in [0.2, 0.25) is 0 Å². The summed E-state index contributed by atoms with van der Waals surface area (Å²) in [5.41, 5.74) is 13.4. The predicted octanol–water partition coefficient (Wildman–Crippen LogP) is 11.7. The van der Waals surface area contributed by atoms with E-state index in [1.165, 1.54) is 88.0 Å². The summed E-state index contributed by atoms with van der Waals surface area (Å²) in [6.45, 7) is 0. The Morgan fingerprint density at radius 3 is 1.63 bits per heavy atom. The van der Waals surface area contributed by atoms with E-state index in [0.29, 0.717) is 0 Å². The number of hydrogen-bond acceptors (Lipinski definition) is 0. The molecule has 0 nitrogen and oxygen atoms in total. The maximum atomic E-state index is 2.45. The summed E-state index contributed by atoms with van der Waals surface area (Å²) in [7, 11) is 0. The van der Waals surface area contributed by atoms with Crippen LogP contribution in [0, 0.1) is 0 Å². The second-order valence-electron chi connectivity index (χ2n) is 11.6. The van der Waals surface area contributed by atoms with Crippen LogP contribution >= 0.6 is 0 Å². The molecule has 0 radical (unpaired) electrons. The molecular formula is C43H28. The van der Waals surface area contributed by atoms with Crippen molar-refractivity contribution in [1.82, 2.24) is 0 Å². The van der Waals surface area contributed by atoms with Crippen molar-refractivity contribution < 1.29 is 0 Å². The van der Waals surface area contributed by atoms with Crippen LogP contribution in [0.3, 0.4) is 0 Å². The highest BCUT2D eigenvalue weighted by atomic mass is 14.3. The zero-order valence-electron chi connectivity index (χ0n) is 23.7. The third-order valence-corrected chi connectivity index (χ3v) is 9.30. The molecule has 1 aliphatic rings. The van der Waals surface area contributed by atoms with E-state index in [9.17, 15) is 0 Å². The SMILES string of the molecule is c1ccc(-c2cccc3c2Cc2cc(-c4c5ccccc5c(-c5cccc6ccccc56)c5ccccc45)ccc2-3)cc1. The van der Waals surface area contributed by atoms with Crippen molar-refractivity contribution in [2.75, 3.05) is 0 Å². The first-order valence-electron chi connectivity index (χ1n) is 15.1. The number of hydrogen-bond donors (Lipinski definition) is 0. The molecule has 0 saturated carbocycles. The Kier molecular flexibility index (Phi) is 5.36. The van der Waals surface area contributed by atoms with E-state index in [1.54, 1.807) is 0 Å². The fourth-order valence-corrected chi connectivity index (χ4v) is 7.44. The van der Waals surface area contributed by atoms with E-state index >= 15 is 0 Å². The smallest absolute Gasteiger partial charge is 0.000706 e. The van der Waals surface area contributed by atoms with Crippen molar-refractivity contribution in [1.29, 1.82) is 0 Å². The summed E-state index contributed by atoms with van der Waals surface area (Å²) in [4.78, 5) is 0. The van der Waals surface area contributed by atoms with Crippen molar-refractivity contribution in [3.05, 3.63) is 169 Å². The molecular weight excluding hydrogens is 516 g/mol. The van der Waals surface area contributed by atoms with E-state index in [1.807, 2.05) is 0 Å². The van der Waals surface area contributed by atoms with Crippen LogP contribution in [0.25, 0.3) is 76.8 Å². The Morgan fingerprint density at radius 1 is 0.326 bits per heavy atom. The second kappa shape index (κ2) is 9.54. The van der Waals surface area contributed by atoms with Gasteiger partial charge in [0.1, 0.15) is 0 Å². The fraction of sp³-hybridized carbons (Fsp3) is 0.0233. The first-order valence-corrected chi connectivity index (χ1v) is 15.1. The van der Waals surface area contributed by atoms with Crippen LogP contribution in [0.1, 0.15) is 11.1 Å². The predicted molar refractivity (Wildman–Crippen MR) is 184 cm³/mol. The van der Waals surface area contributed by atoms with Crippen LogP contribution in [-0.4, -0.2) is 0 Å². The van der Waals surface area contributed by atoms with E-state index < -0.39 is 0 Å². The van der Waals surface area contributed by atoms with Crippen LogP contribution in [0.4, 0.5) is 0 Å². The Morgan fingerprint density at radius 2 is 0.884 bits per heavy atom. The normalized spacial score (nSPS) is 12.1. The molecule has 43 heavy (non-hydrogen) atoms. The molecule has 0 saturated heterocycles. The van der Waals surface area contributed by atoms with Gasteiger partial charge >= 0.3 is 0 Å². The third-order valence-electron chi connectivity index (χ3n) is 9.30. The molecule has 1 aliphatic carbocycles. The van der Waals surface area contributed by atoms with E-state index in [-0.39, 0.29) is 0 Å². The van der Waals surface area contributed by atoms with Crippen molar-refractivity contribution in [2.24, 2.45) is 0 Å². The average Bonchev–Trinajstić information content (AvgIpc) is 3.45. The largest absolute Gasteiger partial charge is 0.0622 e. The van der Waals surface area contributed by atoms with Crippen LogP contribution in [-0.2, 0) is 6.42 Å². The van der Waals surface area contributed by atoms with E-state index in [2.05, 4.69) is 158 Å². The van der Waals surface area contributed by atoms with Gasteiger partial charge in [-0.05, 0) is 94.4 Å². The molecule has 200 valence electrons. The van der Waals surface area contributed by atoms with Gasteiger partial charge in [-0.25, -0.2) is 0 Å². The molecule has 0 atom stereocenters. The summed E-state index contributed by atoms with van der Waals surface area (Å²) < 4.78 is 0. The molecule has 0 aliphatic heterocycles. The lowest BCUT2D eigenvalue weighted by Crippen LogP contribution is -1.92. The Balaban J connectivity index is 1.28. The van der Waals surface area contributed by atoms with Crippen molar-refractivity contribution in [3.8, 4) is 44.5 Å². The quantitative estimate of drug-likeness (QED) is 0.194. The highest BCUT2D eigenvalue weighted by molar-refractivity contribution is 6.23. The number of rotatable bonds is 3. The minimum atomic E-state index is 0.952. The minimum Gasteiger partial charge on any atom is -0.0622 e. The summed E-state index contributed by atoms with van der Waals surface area (Å²) in [5, 5.41) is 7.74. The molecule has 9 rings (SSSR count). The highest BCUT2D eigenvalue weighted by Crippen LogP contribution is 2.47. The lowest BCUT2D eigenvalue weighted by Gasteiger charge is -2.19.